The Morgan fingerprint density at radius 2 is 1.92 bits per heavy atom. The third kappa shape index (κ3) is 3.54. The molecule has 0 aliphatic carbocycles. The Morgan fingerprint density at radius 3 is 2.54 bits per heavy atom. The molecule has 0 aliphatic rings. The molecule has 1 aromatic carbocycles. The van der Waals surface area contributed by atoms with Gasteiger partial charge in [-0.3, -0.25) is 4.98 Å². The van der Waals surface area contributed by atoms with Crippen molar-refractivity contribution in [3.8, 4) is 0 Å². The molecule has 24 heavy (non-hydrogen) atoms. The van der Waals surface area contributed by atoms with Gasteiger partial charge in [-0.25, -0.2) is 9.29 Å². The standard InChI is InChI=1S/C16H15F3N4S/c1-11-3-5-12(6-4-11)15(16(17,18)19)22(2)24-14-10-23-8-7-20-9-13(23)21-14/h3-10,15H,1-2H3/t15-/m1/s1. The third-order valence-electron chi connectivity index (χ3n) is 3.55. The molecule has 1 atom stereocenters. The van der Waals surface area contributed by atoms with E-state index < -0.39 is 12.2 Å². The van der Waals surface area contributed by atoms with Crippen molar-refractivity contribution in [2.45, 2.75) is 24.2 Å². The molecule has 0 fully saturated rings. The summed E-state index contributed by atoms with van der Waals surface area (Å²) in [7, 11) is 1.42. The van der Waals surface area contributed by atoms with Crippen LogP contribution in [0.2, 0.25) is 0 Å². The maximum atomic E-state index is 13.6. The lowest BCUT2D eigenvalue weighted by Gasteiger charge is -2.28. The Hall–Kier alpha value is -2.06. The summed E-state index contributed by atoms with van der Waals surface area (Å²) in [5.41, 5.74) is 1.71. The summed E-state index contributed by atoms with van der Waals surface area (Å²) in [6.45, 7) is 1.84. The van der Waals surface area contributed by atoms with E-state index in [1.807, 2.05) is 6.92 Å². The van der Waals surface area contributed by atoms with Crippen LogP contribution in [0.15, 0.2) is 54.1 Å². The van der Waals surface area contributed by atoms with Crippen molar-refractivity contribution in [1.82, 2.24) is 18.7 Å². The summed E-state index contributed by atoms with van der Waals surface area (Å²) in [5.74, 6) is 0. The second-order valence-electron chi connectivity index (χ2n) is 5.41. The van der Waals surface area contributed by atoms with Gasteiger partial charge in [0, 0.05) is 18.6 Å². The van der Waals surface area contributed by atoms with E-state index in [9.17, 15) is 13.2 Å². The highest BCUT2D eigenvalue weighted by Crippen LogP contribution is 2.41. The van der Waals surface area contributed by atoms with Crippen LogP contribution in [-0.2, 0) is 0 Å². The van der Waals surface area contributed by atoms with Crippen LogP contribution in [-0.4, -0.2) is 31.9 Å². The summed E-state index contributed by atoms with van der Waals surface area (Å²) in [6, 6.07) is 4.67. The summed E-state index contributed by atoms with van der Waals surface area (Å²) in [5, 5.41) is 0.479. The van der Waals surface area contributed by atoms with E-state index in [1.54, 1.807) is 41.3 Å². The molecule has 0 aliphatic heterocycles. The van der Waals surface area contributed by atoms with Crippen LogP contribution in [0.1, 0.15) is 17.2 Å². The molecule has 4 nitrogen and oxygen atoms in total. The highest BCUT2D eigenvalue weighted by molar-refractivity contribution is 7.97. The van der Waals surface area contributed by atoms with Crippen molar-refractivity contribution in [3.63, 3.8) is 0 Å². The predicted molar refractivity (Wildman–Crippen MR) is 86.6 cm³/mol. The fourth-order valence-corrected chi connectivity index (χ4v) is 3.35. The number of aryl methyl sites for hydroxylation is 1. The number of fused-ring (bicyclic) bond motifs is 1. The van der Waals surface area contributed by atoms with Gasteiger partial charge >= 0.3 is 6.18 Å². The summed E-state index contributed by atoms with van der Waals surface area (Å²) >= 11 is 0.957. The van der Waals surface area contributed by atoms with Crippen LogP contribution in [0.3, 0.4) is 0 Å². The van der Waals surface area contributed by atoms with Crippen LogP contribution in [0.25, 0.3) is 5.65 Å². The number of imidazole rings is 1. The van der Waals surface area contributed by atoms with Gasteiger partial charge in [0.25, 0.3) is 0 Å². The molecule has 0 saturated heterocycles. The Morgan fingerprint density at radius 1 is 1.21 bits per heavy atom. The molecule has 2 heterocycles. The van der Waals surface area contributed by atoms with Gasteiger partial charge in [0.15, 0.2) is 5.65 Å². The number of nitrogens with zero attached hydrogens (tertiary/aromatic N) is 4. The van der Waals surface area contributed by atoms with Crippen molar-refractivity contribution < 1.29 is 13.2 Å². The zero-order chi connectivity index (χ0) is 17.3. The Bertz CT molecular complexity index is 796. The number of alkyl halides is 3. The zero-order valence-corrected chi connectivity index (χ0v) is 13.8. The lowest BCUT2D eigenvalue weighted by molar-refractivity contribution is -0.169. The number of hydrogen-bond acceptors (Lipinski definition) is 4. The highest BCUT2D eigenvalue weighted by Gasteiger charge is 2.44. The molecular weight excluding hydrogens is 337 g/mol. The predicted octanol–water partition coefficient (Wildman–Crippen LogP) is 4.28. The molecule has 2 aromatic heterocycles. The van der Waals surface area contributed by atoms with E-state index in [4.69, 9.17) is 0 Å². The number of hydrogen-bond donors (Lipinski definition) is 0. The van der Waals surface area contributed by atoms with Gasteiger partial charge < -0.3 is 4.40 Å². The molecule has 0 spiro atoms. The Balaban J connectivity index is 1.88. The first kappa shape index (κ1) is 16.8. The maximum Gasteiger partial charge on any atom is 0.408 e. The number of rotatable bonds is 4. The minimum absolute atomic E-state index is 0.202. The van der Waals surface area contributed by atoms with Crippen LogP contribution >= 0.6 is 11.9 Å². The second kappa shape index (κ2) is 6.45. The van der Waals surface area contributed by atoms with Gasteiger partial charge in [0.1, 0.15) is 11.1 Å². The topological polar surface area (TPSA) is 33.4 Å². The van der Waals surface area contributed by atoms with Gasteiger partial charge in [-0.15, -0.1) is 0 Å². The van der Waals surface area contributed by atoms with Gasteiger partial charge in [-0.2, -0.15) is 13.2 Å². The van der Waals surface area contributed by atoms with E-state index in [2.05, 4.69) is 9.97 Å². The minimum atomic E-state index is -4.39. The minimum Gasteiger partial charge on any atom is -0.303 e. The van der Waals surface area contributed by atoms with Gasteiger partial charge in [-0.1, -0.05) is 29.8 Å². The number of aromatic nitrogens is 3. The SMILES string of the molecule is Cc1ccc([C@@H](N(C)Sc2cn3ccncc3n2)C(F)(F)F)cc1. The molecule has 8 heteroatoms. The Labute approximate surface area is 141 Å². The van der Waals surface area contributed by atoms with E-state index in [0.717, 1.165) is 17.5 Å². The molecule has 3 rings (SSSR count). The van der Waals surface area contributed by atoms with Crippen LogP contribution in [0, 0.1) is 6.92 Å². The van der Waals surface area contributed by atoms with Crippen molar-refractivity contribution >= 4 is 17.6 Å². The molecule has 0 amide bonds. The molecular formula is C16H15F3N4S. The third-order valence-corrected chi connectivity index (χ3v) is 4.43. The molecule has 126 valence electrons. The fraction of sp³-hybridized carbons (Fsp3) is 0.250. The largest absolute Gasteiger partial charge is 0.408 e. The molecule has 3 aromatic rings. The molecule has 0 saturated carbocycles. The monoisotopic (exact) mass is 352 g/mol. The first-order chi connectivity index (χ1) is 11.3. The summed E-state index contributed by atoms with van der Waals surface area (Å²) < 4.78 is 43.6. The van der Waals surface area contributed by atoms with Crippen molar-refractivity contribution in [2.75, 3.05) is 7.05 Å². The maximum absolute atomic E-state index is 13.6. The lowest BCUT2D eigenvalue weighted by atomic mass is 10.1. The Kier molecular flexibility index (Phi) is 4.51. The molecule has 0 bridgehead atoms. The molecule has 0 unspecified atom stereocenters. The van der Waals surface area contributed by atoms with E-state index in [0.29, 0.717) is 10.7 Å². The van der Waals surface area contributed by atoms with E-state index >= 15 is 0 Å². The van der Waals surface area contributed by atoms with Crippen LogP contribution in [0.4, 0.5) is 13.2 Å². The lowest BCUT2D eigenvalue weighted by Crippen LogP contribution is -2.31. The molecule has 0 N–H and O–H groups in total. The summed E-state index contributed by atoms with van der Waals surface area (Å²) in [6.07, 6.45) is 2.15. The average Bonchev–Trinajstić information content (AvgIpc) is 2.90. The van der Waals surface area contributed by atoms with Gasteiger partial charge in [0.2, 0.25) is 0 Å². The van der Waals surface area contributed by atoms with Crippen LogP contribution in [0.5, 0.6) is 0 Å². The smallest absolute Gasteiger partial charge is 0.303 e. The number of benzene rings is 1. The highest BCUT2D eigenvalue weighted by atomic mass is 32.2. The van der Waals surface area contributed by atoms with E-state index in [-0.39, 0.29) is 5.56 Å². The second-order valence-corrected chi connectivity index (χ2v) is 6.59. The summed E-state index contributed by atoms with van der Waals surface area (Å²) in [4.78, 5) is 8.23. The zero-order valence-electron chi connectivity index (χ0n) is 13.0. The van der Waals surface area contributed by atoms with Crippen molar-refractivity contribution in [2.24, 2.45) is 0 Å². The van der Waals surface area contributed by atoms with Gasteiger partial charge in [0.05, 0.1) is 6.20 Å². The fourth-order valence-electron chi connectivity index (χ4n) is 2.42. The molecule has 0 radical (unpaired) electrons. The van der Waals surface area contributed by atoms with Crippen LogP contribution < -0.4 is 0 Å². The van der Waals surface area contributed by atoms with E-state index in [1.165, 1.54) is 23.5 Å². The quantitative estimate of drug-likeness (QED) is 0.656. The first-order valence-corrected chi connectivity index (χ1v) is 7.95. The number of halogens is 3. The first-order valence-electron chi connectivity index (χ1n) is 7.17. The van der Waals surface area contributed by atoms with Crippen molar-refractivity contribution in [1.29, 1.82) is 0 Å². The van der Waals surface area contributed by atoms with Gasteiger partial charge in [-0.05, 0) is 31.5 Å². The normalized spacial score (nSPS) is 13.6. The van der Waals surface area contributed by atoms with Crippen molar-refractivity contribution in [3.05, 3.63) is 60.2 Å². The average molecular weight is 352 g/mol.